The molecule has 0 N–H and O–H groups in total. The van der Waals surface area contributed by atoms with Gasteiger partial charge >= 0.3 is 17.9 Å². The van der Waals surface area contributed by atoms with E-state index < -0.39 is 29.6 Å². The molecule has 0 amide bonds. The molecule has 6 nitrogen and oxygen atoms in total. The van der Waals surface area contributed by atoms with Gasteiger partial charge in [-0.25, -0.2) is 0 Å². The second-order valence-corrected chi connectivity index (χ2v) is 8.84. The molecule has 0 radical (unpaired) electrons. The molecule has 0 aliphatic heterocycles. The van der Waals surface area contributed by atoms with Crippen molar-refractivity contribution in [2.24, 2.45) is 22.7 Å². The third kappa shape index (κ3) is 4.19. The summed E-state index contributed by atoms with van der Waals surface area (Å²) in [6.07, 6.45) is 1.18. The number of hydrogen-bond donors (Lipinski definition) is 0. The number of carbonyl (C=O) groups excluding carboxylic acids is 3. The zero-order chi connectivity index (χ0) is 20.6. The Balaban J connectivity index is 2.54. The Morgan fingerprint density at radius 1 is 1.04 bits per heavy atom. The average molecular weight is 380 g/mol. The predicted molar refractivity (Wildman–Crippen MR) is 99.6 cm³/mol. The maximum absolute atomic E-state index is 11.9. The first kappa shape index (κ1) is 21.5. The summed E-state index contributed by atoms with van der Waals surface area (Å²) in [5.41, 5.74) is 0.283. The summed E-state index contributed by atoms with van der Waals surface area (Å²) in [7, 11) is 0. The molecule has 0 bridgehead atoms. The number of fused-ring (bicyclic) bond motifs is 1. The van der Waals surface area contributed by atoms with Crippen molar-refractivity contribution in [3.05, 3.63) is 12.2 Å². The lowest BCUT2D eigenvalue weighted by atomic mass is 9.46. The highest BCUT2D eigenvalue weighted by Crippen LogP contribution is 2.62. The molecule has 5 unspecified atom stereocenters. The van der Waals surface area contributed by atoms with Crippen molar-refractivity contribution in [1.29, 1.82) is 0 Å². The van der Waals surface area contributed by atoms with E-state index in [1.165, 1.54) is 20.8 Å². The van der Waals surface area contributed by atoms with Gasteiger partial charge in [0.05, 0.1) is 6.61 Å². The largest absolute Gasteiger partial charge is 0.465 e. The zero-order valence-corrected chi connectivity index (χ0v) is 17.3. The van der Waals surface area contributed by atoms with Gasteiger partial charge in [0.15, 0.2) is 0 Å². The molecule has 0 aromatic heterocycles. The summed E-state index contributed by atoms with van der Waals surface area (Å²) in [4.78, 5) is 35.1. The molecular weight excluding hydrogens is 348 g/mol. The first-order valence-corrected chi connectivity index (χ1v) is 9.55. The van der Waals surface area contributed by atoms with E-state index in [0.717, 1.165) is 18.4 Å². The Bertz CT molecular complexity index is 637. The predicted octanol–water partition coefficient (Wildman–Crippen LogP) is 3.43. The molecule has 2 rings (SSSR count). The van der Waals surface area contributed by atoms with Crippen LogP contribution < -0.4 is 0 Å². The summed E-state index contributed by atoms with van der Waals surface area (Å²) < 4.78 is 16.7. The van der Waals surface area contributed by atoms with E-state index in [2.05, 4.69) is 27.4 Å². The zero-order valence-electron chi connectivity index (χ0n) is 17.3. The van der Waals surface area contributed by atoms with E-state index in [1.807, 2.05) is 0 Å². The van der Waals surface area contributed by atoms with Gasteiger partial charge in [0.25, 0.3) is 0 Å². The Kier molecular flexibility index (Phi) is 6.07. The first-order chi connectivity index (χ1) is 12.4. The van der Waals surface area contributed by atoms with E-state index in [0.29, 0.717) is 6.42 Å². The van der Waals surface area contributed by atoms with Gasteiger partial charge in [-0.3, -0.25) is 14.4 Å². The summed E-state index contributed by atoms with van der Waals surface area (Å²) in [6, 6.07) is 0. The van der Waals surface area contributed by atoms with Crippen LogP contribution in [0.4, 0.5) is 0 Å². The minimum atomic E-state index is -0.616. The smallest absolute Gasteiger partial charge is 0.303 e. The van der Waals surface area contributed by atoms with E-state index in [-0.39, 0.29) is 29.8 Å². The Labute approximate surface area is 161 Å². The van der Waals surface area contributed by atoms with Gasteiger partial charge in [-0.15, -0.1) is 0 Å². The molecule has 2 aliphatic carbocycles. The molecule has 152 valence electrons. The molecule has 5 atom stereocenters. The Morgan fingerprint density at radius 3 is 2.15 bits per heavy atom. The van der Waals surface area contributed by atoms with Crippen LogP contribution >= 0.6 is 0 Å². The maximum atomic E-state index is 11.9. The quantitative estimate of drug-likeness (QED) is 0.422. The van der Waals surface area contributed by atoms with Crippen molar-refractivity contribution in [3.8, 4) is 0 Å². The molecular formula is C21H32O6. The molecule has 0 heterocycles. The fourth-order valence-corrected chi connectivity index (χ4v) is 5.49. The lowest BCUT2D eigenvalue weighted by Gasteiger charge is -2.61. The number of ether oxygens (including phenoxy) is 3. The van der Waals surface area contributed by atoms with Gasteiger partial charge in [0, 0.05) is 32.1 Å². The van der Waals surface area contributed by atoms with Crippen molar-refractivity contribution in [2.45, 2.75) is 73.0 Å². The molecule has 0 aromatic carbocycles. The highest BCUT2D eigenvalue weighted by Gasteiger charge is 2.63. The minimum Gasteiger partial charge on any atom is -0.465 e. The topological polar surface area (TPSA) is 78.9 Å². The van der Waals surface area contributed by atoms with Crippen LogP contribution in [0.25, 0.3) is 0 Å². The second-order valence-electron chi connectivity index (χ2n) is 8.84. The van der Waals surface area contributed by atoms with Gasteiger partial charge < -0.3 is 14.2 Å². The van der Waals surface area contributed by atoms with E-state index >= 15 is 0 Å². The monoisotopic (exact) mass is 380 g/mol. The number of hydrogen-bond acceptors (Lipinski definition) is 6. The third-order valence-corrected chi connectivity index (χ3v) is 6.43. The highest BCUT2D eigenvalue weighted by atomic mass is 16.6. The van der Waals surface area contributed by atoms with Crippen molar-refractivity contribution < 1.29 is 28.6 Å². The number of rotatable bonds is 4. The molecule has 27 heavy (non-hydrogen) atoms. The van der Waals surface area contributed by atoms with E-state index in [1.54, 1.807) is 0 Å². The summed E-state index contributed by atoms with van der Waals surface area (Å²) in [5, 5.41) is 0. The number of carbonyl (C=O) groups is 3. The fourth-order valence-electron chi connectivity index (χ4n) is 5.49. The Morgan fingerprint density at radius 2 is 1.63 bits per heavy atom. The molecule has 0 aromatic rings. The molecule has 2 saturated carbocycles. The molecule has 0 spiro atoms. The van der Waals surface area contributed by atoms with Gasteiger partial charge in [-0.2, -0.15) is 0 Å². The lowest BCUT2D eigenvalue weighted by molar-refractivity contribution is -0.224. The summed E-state index contributed by atoms with van der Waals surface area (Å²) in [6.45, 7) is 14.9. The van der Waals surface area contributed by atoms with Crippen LogP contribution in [0.15, 0.2) is 12.2 Å². The molecule has 6 heteroatoms. The van der Waals surface area contributed by atoms with Crippen LogP contribution in [0.1, 0.15) is 60.8 Å². The SMILES string of the molecule is C=C1CCC2C(C)(C)CC(OC(C)=O)C(OC(C)=O)C2(C)C1COC(C)=O. The van der Waals surface area contributed by atoms with E-state index in [9.17, 15) is 14.4 Å². The third-order valence-electron chi connectivity index (χ3n) is 6.43. The molecule has 2 fully saturated rings. The maximum Gasteiger partial charge on any atom is 0.303 e. The van der Waals surface area contributed by atoms with Crippen LogP contribution in [-0.2, 0) is 28.6 Å². The van der Waals surface area contributed by atoms with Gasteiger partial charge in [0.2, 0.25) is 0 Å². The normalized spacial score (nSPS) is 35.0. The first-order valence-electron chi connectivity index (χ1n) is 9.55. The minimum absolute atomic E-state index is 0.138. The average Bonchev–Trinajstić information content (AvgIpc) is 2.49. The van der Waals surface area contributed by atoms with Crippen molar-refractivity contribution >= 4 is 17.9 Å². The summed E-state index contributed by atoms with van der Waals surface area (Å²) >= 11 is 0. The van der Waals surface area contributed by atoms with Gasteiger partial charge in [-0.05, 0) is 30.6 Å². The van der Waals surface area contributed by atoms with Gasteiger partial charge in [0.1, 0.15) is 12.2 Å². The fraction of sp³-hybridized carbons (Fsp3) is 0.762. The standard InChI is InChI=1S/C21H32O6/c1-12-8-9-18-20(5,6)10-17(26-14(3)23)19(27-15(4)24)21(18,7)16(12)11-25-13(2)22/h16-19H,1,8-11H2,2-7H3. The van der Waals surface area contributed by atoms with Crippen LogP contribution in [0.5, 0.6) is 0 Å². The molecule has 2 aliphatic rings. The van der Waals surface area contributed by atoms with Crippen molar-refractivity contribution in [2.75, 3.05) is 6.61 Å². The lowest BCUT2D eigenvalue weighted by Crippen LogP contribution is -2.64. The van der Waals surface area contributed by atoms with Crippen molar-refractivity contribution in [1.82, 2.24) is 0 Å². The van der Waals surface area contributed by atoms with Crippen LogP contribution in [0.3, 0.4) is 0 Å². The second kappa shape index (κ2) is 7.64. The summed E-state index contributed by atoms with van der Waals surface area (Å²) in [5.74, 6) is -1.15. The highest BCUT2D eigenvalue weighted by molar-refractivity contribution is 5.67. The Hall–Kier alpha value is -1.85. The van der Waals surface area contributed by atoms with Crippen LogP contribution in [0, 0.1) is 22.7 Å². The number of esters is 3. The van der Waals surface area contributed by atoms with E-state index in [4.69, 9.17) is 14.2 Å². The van der Waals surface area contributed by atoms with Crippen LogP contribution in [-0.4, -0.2) is 36.7 Å². The molecule has 0 saturated heterocycles. The van der Waals surface area contributed by atoms with Crippen molar-refractivity contribution in [3.63, 3.8) is 0 Å². The van der Waals surface area contributed by atoms with Crippen LogP contribution in [0.2, 0.25) is 0 Å². The van der Waals surface area contributed by atoms with Gasteiger partial charge in [-0.1, -0.05) is 32.9 Å².